The minimum atomic E-state index is 0.590. The SMILES string of the molecule is CCNCC1(CCCOC)CCCCC1. The minimum Gasteiger partial charge on any atom is -0.385 e. The number of hydrogen-bond acceptors (Lipinski definition) is 2. The van der Waals surface area contributed by atoms with Crippen molar-refractivity contribution in [1.82, 2.24) is 5.32 Å². The molecule has 2 heteroatoms. The van der Waals surface area contributed by atoms with E-state index < -0.39 is 0 Å². The van der Waals surface area contributed by atoms with E-state index in [9.17, 15) is 0 Å². The molecular formula is C13H27NO. The fraction of sp³-hybridized carbons (Fsp3) is 1.00. The minimum absolute atomic E-state index is 0.590. The molecule has 1 aliphatic rings. The summed E-state index contributed by atoms with van der Waals surface area (Å²) in [7, 11) is 1.80. The highest BCUT2D eigenvalue weighted by Gasteiger charge is 2.30. The Morgan fingerprint density at radius 1 is 1.20 bits per heavy atom. The number of methoxy groups -OCH3 is 1. The third-order valence-corrected chi connectivity index (χ3v) is 3.72. The van der Waals surface area contributed by atoms with Crippen LogP contribution in [0.5, 0.6) is 0 Å². The van der Waals surface area contributed by atoms with Gasteiger partial charge >= 0.3 is 0 Å². The summed E-state index contributed by atoms with van der Waals surface area (Å²) >= 11 is 0. The number of hydrogen-bond donors (Lipinski definition) is 1. The van der Waals surface area contributed by atoms with Crippen LogP contribution in [-0.2, 0) is 4.74 Å². The topological polar surface area (TPSA) is 21.3 Å². The van der Waals surface area contributed by atoms with E-state index in [1.807, 2.05) is 0 Å². The maximum Gasteiger partial charge on any atom is 0.0462 e. The Labute approximate surface area is 94.8 Å². The van der Waals surface area contributed by atoms with Crippen LogP contribution in [0.4, 0.5) is 0 Å². The standard InChI is InChI=1S/C13H27NO/c1-3-14-12-13(10-7-11-15-2)8-5-4-6-9-13/h14H,3-12H2,1-2H3. The Kier molecular flexibility index (Phi) is 6.26. The first kappa shape index (κ1) is 13.0. The van der Waals surface area contributed by atoms with E-state index in [1.165, 1.54) is 51.5 Å². The van der Waals surface area contributed by atoms with Crippen molar-refractivity contribution in [3.63, 3.8) is 0 Å². The van der Waals surface area contributed by atoms with Crippen molar-refractivity contribution in [3.05, 3.63) is 0 Å². The van der Waals surface area contributed by atoms with Gasteiger partial charge in [-0.15, -0.1) is 0 Å². The molecule has 90 valence electrons. The van der Waals surface area contributed by atoms with Crippen molar-refractivity contribution in [1.29, 1.82) is 0 Å². The molecule has 0 aromatic carbocycles. The first-order valence-corrected chi connectivity index (χ1v) is 6.53. The zero-order chi connectivity index (χ0) is 11.0. The molecule has 1 rings (SSSR count). The van der Waals surface area contributed by atoms with Crippen LogP contribution >= 0.6 is 0 Å². The van der Waals surface area contributed by atoms with Crippen LogP contribution in [-0.4, -0.2) is 26.8 Å². The molecule has 0 amide bonds. The van der Waals surface area contributed by atoms with Gasteiger partial charge in [-0.05, 0) is 37.6 Å². The summed E-state index contributed by atoms with van der Waals surface area (Å²) in [5, 5.41) is 3.54. The summed E-state index contributed by atoms with van der Waals surface area (Å²) in [6.45, 7) is 5.44. The highest BCUT2D eigenvalue weighted by atomic mass is 16.5. The van der Waals surface area contributed by atoms with Gasteiger partial charge in [-0.3, -0.25) is 0 Å². The van der Waals surface area contributed by atoms with Gasteiger partial charge < -0.3 is 10.1 Å². The molecule has 2 nitrogen and oxygen atoms in total. The maximum absolute atomic E-state index is 5.16. The van der Waals surface area contributed by atoms with Crippen molar-refractivity contribution in [2.45, 2.75) is 51.9 Å². The largest absolute Gasteiger partial charge is 0.385 e. The summed E-state index contributed by atoms with van der Waals surface area (Å²) in [6, 6.07) is 0. The lowest BCUT2D eigenvalue weighted by atomic mass is 9.71. The summed E-state index contributed by atoms with van der Waals surface area (Å²) in [5.41, 5.74) is 0.590. The van der Waals surface area contributed by atoms with Crippen molar-refractivity contribution < 1.29 is 4.74 Å². The van der Waals surface area contributed by atoms with E-state index in [-0.39, 0.29) is 0 Å². The molecule has 15 heavy (non-hydrogen) atoms. The molecule has 0 aliphatic heterocycles. The van der Waals surface area contributed by atoms with Gasteiger partial charge in [0, 0.05) is 20.3 Å². The number of ether oxygens (including phenoxy) is 1. The van der Waals surface area contributed by atoms with E-state index in [1.54, 1.807) is 7.11 Å². The van der Waals surface area contributed by atoms with Gasteiger partial charge in [-0.2, -0.15) is 0 Å². The molecule has 0 radical (unpaired) electrons. The van der Waals surface area contributed by atoms with E-state index in [0.29, 0.717) is 5.41 Å². The lowest BCUT2D eigenvalue weighted by molar-refractivity contribution is 0.131. The monoisotopic (exact) mass is 213 g/mol. The maximum atomic E-state index is 5.16. The highest BCUT2D eigenvalue weighted by Crippen LogP contribution is 2.39. The average molecular weight is 213 g/mol. The smallest absolute Gasteiger partial charge is 0.0462 e. The quantitative estimate of drug-likeness (QED) is 0.656. The molecule has 1 saturated carbocycles. The molecule has 1 N–H and O–H groups in total. The van der Waals surface area contributed by atoms with E-state index in [2.05, 4.69) is 12.2 Å². The third kappa shape index (κ3) is 4.52. The highest BCUT2D eigenvalue weighted by molar-refractivity contribution is 4.84. The van der Waals surface area contributed by atoms with Gasteiger partial charge in [0.1, 0.15) is 0 Å². The van der Waals surface area contributed by atoms with E-state index in [0.717, 1.165) is 13.2 Å². The Bertz CT molecular complexity index is 153. The molecule has 0 spiro atoms. The van der Waals surface area contributed by atoms with E-state index in [4.69, 9.17) is 4.74 Å². The summed E-state index contributed by atoms with van der Waals surface area (Å²) in [4.78, 5) is 0. The predicted octanol–water partition coefficient (Wildman–Crippen LogP) is 2.97. The molecule has 0 atom stereocenters. The summed E-state index contributed by atoms with van der Waals surface area (Å²) < 4.78 is 5.16. The lowest BCUT2D eigenvalue weighted by Crippen LogP contribution is -2.36. The molecule has 0 bridgehead atoms. The summed E-state index contributed by atoms with van der Waals surface area (Å²) in [6.07, 6.45) is 9.71. The molecular weight excluding hydrogens is 186 g/mol. The van der Waals surface area contributed by atoms with Crippen molar-refractivity contribution in [2.24, 2.45) is 5.41 Å². The molecule has 0 aromatic heterocycles. The van der Waals surface area contributed by atoms with Crippen LogP contribution in [0.25, 0.3) is 0 Å². The molecule has 1 fully saturated rings. The second kappa shape index (κ2) is 7.24. The first-order valence-electron chi connectivity index (χ1n) is 6.53. The fourth-order valence-corrected chi connectivity index (χ4v) is 2.80. The summed E-state index contributed by atoms with van der Waals surface area (Å²) in [5.74, 6) is 0. The Morgan fingerprint density at radius 2 is 1.93 bits per heavy atom. The number of rotatable bonds is 7. The second-order valence-corrected chi connectivity index (χ2v) is 4.94. The predicted molar refractivity (Wildman–Crippen MR) is 65.2 cm³/mol. The third-order valence-electron chi connectivity index (χ3n) is 3.72. The average Bonchev–Trinajstić information content (AvgIpc) is 2.28. The molecule has 0 unspecified atom stereocenters. The first-order chi connectivity index (χ1) is 7.33. The van der Waals surface area contributed by atoms with Crippen LogP contribution in [0.3, 0.4) is 0 Å². The van der Waals surface area contributed by atoms with Gasteiger partial charge in [0.15, 0.2) is 0 Å². The van der Waals surface area contributed by atoms with Crippen LogP contribution in [0.15, 0.2) is 0 Å². The Balaban J connectivity index is 2.35. The zero-order valence-corrected chi connectivity index (χ0v) is 10.5. The Morgan fingerprint density at radius 3 is 2.53 bits per heavy atom. The molecule has 0 heterocycles. The van der Waals surface area contributed by atoms with Crippen molar-refractivity contribution in [2.75, 3.05) is 26.8 Å². The number of nitrogens with one attached hydrogen (secondary N) is 1. The van der Waals surface area contributed by atoms with E-state index >= 15 is 0 Å². The van der Waals surface area contributed by atoms with Crippen LogP contribution in [0, 0.1) is 5.41 Å². The van der Waals surface area contributed by atoms with Crippen molar-refractivity contribution >= 4 is 0 Å². The van der Waals surface area contributed by atoms with Gasteiger partial charge in [0.25, 0.3) is 0 Å². The van der Waals surface area contributed by atoms with Crippen LogP contribution in [0.2, 0.25) is 0 Å². The van der Waals surface area contributed by atoms with Crippen molar-refractivity contribution in [3.8, 4) is 0 Å². The van der Waals surface area contributed by atoms with Gasteiger partial charge in [-0.1, -0.05) is 26.2 Å². The molecule has 0 aromatic rings. The van der Waals surface area contributed by atoms with Crippen LogP contribution in [0.1, 0.15) is 51.9 Å². The van der Waals surface area contributed by atoms with Crippen LogP contribution < -0.4 is 5.32 Å². The second-order valence-electron chi connectivity index (χ2n) is 4.94. The van der Waals surface area contributed by atoms with Gasteiger partial charge in [0.05, 0.1) is 0 Å². The fourth-order valence-electron chi connectivity index (χ4n) is 2.80. The molecule has 0 saturated heterocycles. The normalized spacial score (nSPS) is 20.4. The lowest BCUT2D eigenvalue weighted by Gasteiger charge is -2.37. The van der Waals surface area contributed by atoms with Gasteiger partial charge in [0.2, 0.25) is 0 Å². The molecule has 1 aliphatic carbocycles. The Hall–Kier alpha value is -0.0800. The zero-order valence-electron chi connectivity index (χ0n) is 10.5. The van der Waals surface area contributed by atoms with Gasteiger partial charge in [-0.25, -0.2) is 0 Å².